The van der Waals surface area contributed by atoms with Crippen LogP contribution in [0.25, 0.3) is 66.3 Å². The zero-order chi connectivity index (χ0) is 37.2. The minimum absolute atomic E-state index is 0.811. The summed E-state index contributed by atoms with van der Waals surface area (Å²) in [6.45, 7) is 2.16. The van der Waals surface area contributed by atoms with Gasteiger partial charge in [-0.3, -0.25) is 0 Å². The van der Waals surface area contributed by atoms with Gasteiger partial charge in [0.05, 0.1) is 16.4 Å². The van der Waals surface area contributed by atoms with Crippen LogP contribution in [0, 0.1) is 0 Å². The van der Waals surface area contributed by atoms with E-state index in [4.69, 9.17) is 9.15 Å². The number of allylic oxidation sites excluding steroid dienone is 1. The summed E-state index contributed by atoms with van der Waals surface area (Å²) in [4.78, 5) is 2.34. The summed E-state index contributed by atoms with van der Waals surface area (Å²) in [7, 11) is 0. The predicted octanol–water partition coefficient (Wildman–Crippen LogP) is 14.2. The summed E-state index contributed by atoms with van der Waals surface area (Å²) in [6, 6.07) is 66.7. The second-order valence-corrected chi connectivity index (χ2v) is 14.6. The molecule has 0 saturated heterocycles. The molecule has 266 valence electrons. The minimum atomic E-state index is 0.811. The molecule has 8 aromatic carbocycles. The fourth-order valence-corrected chi connectivity index (χ4v) is 8.57. The maximum atomic E-state index is 6.80. The lowest BCUT2D eigenvalue weighted by Gasteiger charge is -2.26. The lowest BCUT2D eigenvalue weighted by molar-refractivity contribution is 0.497. The molecule has 3 heterocycles. The zero-order valence-electron chi connectivity index (χ0n) is 30.8. The van der Waals surface area contributed by atoms with Crippen molar-refractivity contribution in [3.8, 4) is 22.6 Å². The summed E-state index contributed by atoms with van der Waals surface area (Å²) in [5.41, 5.74) is 14.0. The molecule has 0 bridgehead atoms. The van der Waals surface area contributed by atoms with E-state index in [1.54, 1.807) is 0 Å². The van der Waals surface area contributed by atoms with Crippen molar-refractivity contribution in [2.45, 2.75) is 13.3 Å². The molecule has 1 aliphatic rings. The van der Waals surface area contributed by atoms with Gasteiger partial charge < -0.3 is 18.6 Å². The van der Waals surface area contributed by atoms with Gasteiger partial charge in [-0.1, -0.05) is 121 Å². The first kappa shape index (κ1) is 32.2. The van der Waals surface area contributed by atoms with Gasteiger partial charge in [-0.05, 0) is 89.9 Å². The Labute approximate surface area is 324 Å². The van der Waals surface area contributed by atoms with Crippen molar-refractivity contribution < 1.29 is 9.15 Å². The van der Waals surface area contributed by atoms with Gasteiger partial charge in [0.1, 0.15) is 22.7 Å². The molecule has 2 aromatic heterocycles. The van der Waals surface area contributed by atoms with Crippen LogP contribution in [0.3, 0.4) is 0 Å². The van der Waals surface area contributed by atoms with Crippen molar-refractivity contribution in [1.82, 2.24) is 4.57 Å². The van der Waals surface area contributed by atoms with Crippen LogP contribution in [-0.4, -0.2) is 4.57 Å². The number of nitrogens with zero attached hydrogens (tertiary/aromatic N) is 2. The standard InChI is InChI=1S/C52H36N2O2/c1-34-30-38-24-29-48-50(52(38)56-51(34)36-16-7-3-8-17-36)45-28-26-42(33-49(45)55-48)53(40-21-13-18-37(31-40)35-14-5-2-6-15-35)41-25-27-44-43-22-11-12-23-46(43)54(47(44)32-41)39-19-9-4-10-20-39/h2-29,31-33H,30H2,1H3. The van der Waals surface area contributed by atoms with E-state index in [-0.39, 0.29) is 0 Å². The molecule has 56 heavy (non-hydrogen) atoms. The third-order valence-electron chi connectivity index (χ3n) is 11.1. The van der Waals surface area contributed by atoms with Crippen molar-refractivity contribution in [1.29, 1.82) is 0 Å². The highest BCUT2D eigenvalue weighted by Gasteiger charge is 2.25. The van der Waals surface area contributed by atoms with Gasteiger partial charge in [0.15, 0.2) is 0 Å². The predicted molar refractivity (Wildman–Crippen MR) is 232 cm³/mol. The average molecular weight is 721 g/mol. The molecule has 0 spiro atoms. The Morgan fingerprint density at radius 1 is 0.482 bits per heavy atom. The molecule has 0 fully saturated rings. The number of para-hydroxylation sites is 2. The molecule has 0 aliphatic carbocycles. The highest BCUT2D eigenvalue weighted by Crippen LogP contribution is 2.46. The van der Waals surface area contributed by atoms with Crippen LogP contribution in [-0.2, 0) is 6.42 Å². The molecule has 4 nitrogen and oxygen atoms in total. The minimum Gasteiger partial charge on any atom is -0.456 e. The maximum absolute atomic E-state index is 6.80. The molecule has 0 radical (unpaired) electrons. The van der Waals surface area contributed by atoms with Crippen molar-refractivity contribution in [2.24, 2.45) is 0 Å². The van der Waals surface area contributed by atoms with Crippen molar-refractivity contribution >= 4 is 66.6 Å². The van der Waals surface area contributed by atoms with E-state index in [1.165, 1.54) is 33.0 Å². The molecule has 10 aromatic rings. The van der Waals surface area contributed by atoms with Crippen molar-refractivity contribution in [3.05, 3.63) is 205 Å². The summed E-state index contributed by atoms with van der Waals surface area (Å²) in [5.74, 6) is 1.80. The number of ether oxygens (including phenoxy) is 1. The Morgan fingerprint density at radius 3 is 1.93 bits per heavy atom. The second kappa shape index (κ2) is 12.9. The normalized spacial score (nSPS) is 12.7. The lowest BCUT2D eigenvalue weighted by Crippen LogP contribution is -2.10. The molecule has 1 aliphatic heterocycles. The third-order valence-corrected chi connectivity index (χ3v) is 11.1. The quantitative estimate of drug-likeness (QED) is 0.171. The number of benzene rings is 8. The second-order valence-electron chi connectivity index (χ2n) is 14.6. The third kappa shape index (κ3) is 5.22. The molecule has 0 N–H and O–H groups in total. The summed E-state index contributed by atoms with van der Waals surface area (Å²) >= 11 is 0. The topological polar surface area (TPSA) is 30.5 Å². The fourth-order valence-electron chi connectivity index (χ4n) is 8.57. The largest absolute Gasteiger partial charge is 0.456 e. The summed E-state index contributed by atoms with van der Waals surface area (Å²) in [6.07, 6.45) is 0.827. The molecule has 0 saturated carbocycles. The number of fused-ring (bicyclic) bond motifs is 8. The summed E-state index contributed by atoms with van der Waals surface area (Å²) < 4.78 is 15.9. The Bertz CT molecular complexity index is 3140. The summed E-state index contributed by atoms with van der Waals surface area (Å²) in [5, 5.41) is 4.48. The number of anilines is 3. The van der Waals surface area contributed by atoms with E-state index in [0.29, 0.717) is 0 Å². The van der Waals surface area contributed by atoms with E-state index in [2.05, 4.69) is 198 Å². The van der Waals surface area contributed by atoms with Gasteiger partial charge in [0.25, 0.3) is 0 Å². The molecule has 4 heteroatoms. The Morgan fingerprint density at radius 2 is 1.12 bits per heavy atom. The zero-order valence-corrected chi connectivity index (χ0v) is 30.8. The Hall–Kier alpha value is -7.30. The average Bonchev–Trinajstić information content (AvgIpc) is 3.80. The van der Waals surface area contributed by atoms with Gasteiger partial charge in [-0.2, -0.15) is 0 Å². The molecule has 0 unspecified atom stereocenters. The molecule has 0 atom stereocenters. The molecular formula is C52H36N2O2. The first-order valence-corrected chi connectivity index (χ1v) is 19.1. The first-order chi connectivity index (χ1) is 27.7. The van der Waals surface area contributed by atoms with E-state index >= 15 is 0 Å². The van der Waals surface area contributed by atoms with Crippen LogP contribution in [0.4, 0.5) is 17.1 Å². The maximum Gasteiger partial charge on any atom is 0.142 e. The molecule has 0 amide bonds. The van der Waals surface area contributed by atoms with Crippen LogP contribution < -0.4 is 9.64 Å². The Balaban J connectivity index is 1.10. The van der Waals surface area contributed by atoms with Gasteiger partial charge in [0.2, 0.25) is 0 Å². The Kier molecular flexibility index (Phi) is 7.42. The van der Waals surface area contributed by atoms with Gasteiger partial charge in [0, 0.05) is 57.0 Å². The van der Waals surface area contributed by atoms with Crippen LogP contribution >= 0.6 is 0 Å². The van der Waals surface area contributed by atoms with Gasteiger partial charge >= 0.3 is 0 Å². The van der Waals surface area contributed by atoms with E-state index < -0.39 is 0 Å². The number of aromatic nitrogens is 1. The van der Waals surface area contributed by atoms with Crippen molar-refractivity contribution in [3.63, 3.8) is 0 Å². The number of hydrogen-bond acceptors (Lipinski definition) is 3. The van der Waals surface area contributed by atoms with Crippen LogP contribution in [0.15, 0.2) is 198 Å². The monoisotopic (exact) mass is 720 g/mol. The number of furan rings is 1. The fraction of sp³-hybridized carbons (Fsp3) is 0.0385. The van der Waals surface area contributed by atoms with E-state index in [0.717, 1.165) is 79.3 Å². The number of rotatable bonds is 6. The SMILES string of the molecule is CC1=C(c2ccccc2)Oc2c(ccc3oc4cc(N(c5cccc(-c6ccccc6)c5)c5ccc6c7ccccc7n(-c7ccccc7)c6c5)ccc4c23)C1. The first-order valence-electron chi connectivity index (χ1n) is 19.1. The highest BCUT2D eigenvalue weighted by molar-refractivity contribution is 6.12. The van der Waals surface area contributed by atoms with Crippen LogP contribution in [0.5, 0.6) is 5.75 Å². The van der Waals surface area contributed by atoms with Crippen LogP contribution in [0.1, 0.15) is 18.1 Å². The van der Waals surface area contributed by atoms with Crippen molar-refractivity contribution in [2.75, 3.05) is 4.90 Å². The number of hydrogen-bond donors (Lipinski definition) is 0. The van der Waals surface area contributed by atoms with E-state index in [9.17, 15) is 0 Å². The molecule has 11 rings (SSSR count). The smallest absolute Gasteiger partial charge is 0.142 e. The van der Waals surface area contributed by atoms with Gasteiger partial charge in [-0.15, -0.1) is 0 Å². The lowest BCUT2D eigenvalue weighted by atomic mass is 9.96. The van der Waals surface area contributed by atoms with Gasteiger partial charge in [-0.25, -0.2) is 0 Å². The van der Waals surface area contributed by atoms with Crippen LogP contribution in [0.2, 0.25) is 0 Å². The highest BCUT2D eigenvalue weighted by atomic mass is 16.5. The van der Waals surface area contributed by atoms with E-state index in [1.807, 2.05) is 6.07 Å². The molecular weight excluding hydrogens is 685 g/mol.